The SMILES string of the molecule is CC(=O)Nc1cc(N)c(C2CC2)cn1. The van der Waals surface area contributed by atoms with E-state index in [0.29, 0.717) is 11.7 Å². The second kappa shape index (κ2) is 3.29. The average Bonchev–Trinajstić information content (AvgIpc) is 2.86. The lowest BCUT2D eigenvalue weighted by molar-refractivity contribution is -0.114. The van der Waals surface area contributed by atoms with Crippen molar-refractivity contribution in [3.8, 4) is 0 Å². The van der Waals surface area contributed by atoms with E-state index in [9.17, 15) is 4.79 Å². The van der Waals surface area contributed by atoms with Crippen LogP contribution in [0.3, 0.4) is 0 Å². The molecule has 0 aromatic carbocycles. The predicted molar refractivity (Wildman–Crippen MR) is 54.9 cm³/mol. The molecule has 0 atom stereocenters. The highest BCUT2D eigenvalue weighted by Crippen LogP contribution is 2.42. The first-order chi connectivity index (χ1) is 6.66. The van der Waals surface area contributed by atoms with Gasteiger partial charge < -0.3 is 11.1 Å². The molecule has 0 radical (unpaired) electrons. The molecule has 1 heterocycles. The summed E-state index contributed by atoms with van der Waals surface area (Å²) in [4.78, 5) is 14.9. The van der Waals surface area contributed by atoms with E-state index < -0.39 is 0 Å². The standard InChI is InChI=1S/C10H13N3O/c1-6(14)13-10-4-9(11)8(5-12-10)7-2-3-7/h4-5,7H,2-3H2,1H3,(H3,11,12,13,14). The Bertz CT molecular complexity index is 372. The van der Waals surface area contributed by atoms with Crippen LogP contribution in [0.15, 0.2) is 12.3 Å². The minimum Gasteiger partial charge on any atom is -0.398 e. The van der Waals surface area contributed by atoms with Crippen LogP contribution >= 0.6 is 0 Å². The minimum absolute atomic E-state index is 0.129. The Morgan fingerprint density at radius 1 is 1.64 bits per heavy atom. The summed E-state index contributed by atoms with van der Waals surface area (Å²) in [6, 6.07) is 1.72. The van der Waals surface area contributed by atoms with E-state index in [-0.39, 0.29) is 5.91 Å². The fourth-order valence-corrected chi connectivity index (χ4v) is 1.47. The molecule has 74 valence electrons. The van der Waals surface area contributed by atoms with E-state index in [2.05, 4.69) is 10.3 Å². The number of anilines is 2. The molecule has 1 aliphatic carbocycles. The molecule has 2 rings (SSSR count). The molecule has 1 aromatic rings. The van der Waals surface area contributed by atoms with Gasteiger partial charge in [-0.25, -0.2) is 4.98 Å². The summed E-state index contributed by atoms with van der Waals surface area (Å²) in [5.41, 5.74) is 7.69. The Hall–Kier alpha value is -1.58. The maximum absolute atomic E-state index is 10.8. The molecule has 1 aromatic heterocycles. The lowest BCUT2D eigenvalue weighted by atomic mass is 10.1. The van der Waals surface area contributed by atoms with Crippen LogP contribution in [0.4, 0.5) is 11.5 Å². The average molecular weight is 191 g/mol. The van der Waals surface area contributed by atoms with E-state index in [4.69, 9.17) is 5.73 Å². The first kappa shape index (κ1) is 8.99. The number of carbonyl (C=O) groups excluding carboxylic acids is 1. The number of carbonyl (C=O) groups is 1. The van der Waals surface area contributed by atoms with E-state index >= 15 is 0 Å². The number of nitrogens with two attached hydrogens (primary N) is 1. The highest BCUT2D eigenvalue weighted by Gasteiger charge is 2.25. The number of hydrogen-bond donors (Lipinski definition) is 2. The first-order valence-electron chi connectivity index (χ1n) is 4.70. The Kier molecular flexibility index (Phi) is 2.11. The van der Waals surface area contributed by atoms with Crippen LogP contribution in [-0.2, 0) is 4.79 Å². The second-order valence-electron chi connectivity index (χ2n) is 3.65. The number of nitrogens with one attached hydrogen (secondary N) is 1. The van der Waals surface area contributed by atoms with Crippen molar-refractivity contribution in [3.63, 3.8) is 0 Å². The topological polar surface area (TPSA) is 68.0 Å². The largest absolute Gasteiger partial charge is 0.398 e. The number of hydrogen-bond acceptors (Lipinski definition) is 3. The molecule has 1 amide bonds. The molecule has 3 N–H and O–H groups in total. The van der Waals surface area contributed by atoms with Gasteiger partial charge in [-0.15, -0.1) is 0 Å². The third kappa shape index (κ3) is 1.84. The quantitative estimate of drug-likeness (QED) is 0.744. The van der Waals surface area contributed by atoms with E-state index in [0.717, 1.165) is 11.3 Å². The fraction of sp³-hybridized carbons (Fsp3) is 0.400. The summed E-state index contributed by atoms with van der Waals surface area (Å²) < 4.78 is 0. The molecule has 0 aliphatic heterocycles. The van der Waals surface area contributed by atoms with Gasteiger partial charge >= 0.3 is 0 Å². The number of nitrogen functional groups attached to an aromatic ring is 1. The molecule has 4 nitrogen and oxygen atoms in total. The molecule has 1 aliphatic rings. The zero-order chi connectivity index (χ0) is 10.1. The molecule has 0 bridgehead atoms. The van der Waals surface area contributed by atoms with Crippen molar-refractivity contribution < 1.29 is 4.79 Å². The van der Waals surface area contributed by atoms with Gasteiger partial charge in [-0.1, -0.05) is 0 Å². The van der Waals surface area contributed by atoms with Crippen molar-refractivity contribution in [1.82, 2.24) is 4.98 Å². The van der Waals surface area contributed by atoms with Crippen LogP contribution in [0.5, 0.6) is 0 Å². The molecule has 0 saturated heterocycles. The van der Waals surface area contributed by atoms with Crippen molar-refractivity contribution >= 4 is 17.4 Å². The minimum atomic E-state index is -0.129. The first-order valence-corrected chi connectivity index (χ1v) is 4.70. The second-order valence-corrected chi connectivity index (χ2v) is 3.65. The van der Waals surface area contributed by atoms with Crippen molar-refractivity contribution in [2.45, 2.75) is 25.7 Å². The number of rotatable bonds is 2. The van der Waals surface area contributed by atoms with Crippen LogP contribution in [-0.4, -0.2) is 10.9 Å². The summed E-state index contributed by atoms with van der Waals surface area (Å²) in [6.45, 7) is 1.45. The monoisotopic (exact) mass is 191 g/mol. The molecule has 4 heteroatoms. The summed E-state index contributed by atoms with van der Waals surface area (Å²) in [5.74, 6) is 0.990. The Balaban J connectivity index is 2.21. The van der Waals surface area contributed by atoms with Gasteiger partial charge in [-0.3, -0.25) is 4.79 Å². The highest BCUT2D eigenvalue weighted by atomic mass is 16.1. The van der Waals surface area contributed by atoms with Crippen molar-refractivity contribution in [1.29, 1.82) is 0 Å². The predicted octanol–water partition coefficient (Wildman–Crippen LogP) is 1.50. The highest BCUT2D eigenvalue weighted by molar-refractivity contribution is 5.88. The van der Waals surface area contributed by atoms with Gasteiger partial charge in [-0.05, 0) is 24.3 Å². The maximum Gasteiger partial charge on any atom is 0.222 e. The smallest absolute Gasteiger partial charge is 0.222 e. The van der Waals surface area contributed by atoms with Gasteiger partial charge in [0.1, 0.15) is 5.82 Å². The van der Waals surface area contributed by atoms with Gasteiger partial charge in [0.05, 0.1) is 0 Å². The number of aromatic nitrogens is 1. The normalized spacial score (nSPS) is 15.2. The lowest BCUT2D eigenvalue weighted by Gasteiger charge is -2.06. The van der Waals surface area contributed by atoms with Crippen molar-refractivity contribution in [2.24, 2.45) is 0 Å². The van der Waals surface area contributed by atoms with Crippen molar-refractivity contribution in [3.05, 3.63) is 17.8 Å². The molecule has 0 spiro atoms. The molecule has 1 fully saturated rings. The van der Waals surface area contributed by atoms with Crippen LogP contribution in [0.2, 0.25) is 0 Å². The third-order valence-electron chi connectivity index (χ3n) is 2.29. The summed E-state index contributed by atoms with van der Waals surface area (Å²) in [5, 5.41) is 2.60. The van der Waals surface area contributed by atoms with Crippen LogP contribution in [0.25, 0.3) is 0 Å². The van der Waals surface area contributed by atoms with Crippen molar-refractivity contribution in [2.75, 3.05) is 11.1 Å². The lowest BCUT2D eigenvalue weighted by Crippen LogP contribution is -2.08. The fourth-order valence-electron chi connectivity index (χ4n) is 1.47. The van der Waals surface area contributed by atoms with Gasteiger partial charge in [0, 0.05) is 24.9 Å². The Morgan fingerprint density at radius 2 is 2.36 bits per heavy atom. The van der Waals surface area contributed by atoms with E-state index in [1.165, 1.54) is 19.8 Å². The maximum atomic E-state index is 10.8. The molecular weight excluding hydrogens is 178 g/mol. The number of pyridine rings is 1. The summed E-state index contributed by atoms with van der Waals surface area (Å²) in [7, 11) is 0. The van der Waals surface area contributed by atoms with Crippen LogP contribution in [0, 0.1) is 0 Å². The molecule has 1 saturated carbocycles. The zero-order valence-corrected chi connectivity index (χ0v) is 8.08. The van der Waals surface area contributed by atoms with Crippen LogP contribution in [0.1, 0.15) is 31.2 Å². The van der Waals surface area contributed by atoms with E-state index in [1.54, 1.807) is 12.3 Å². The summed E-state index contributed by atoms with van der Waals surface area (Å²) in [6.07, 6.45) is 4.16. The molecular formula is C10H13N3O. The van der Waals surface area contributed by atoms with Crippen LogP contribution < -0.4 is 11.1 Å². The van der Waals surface area contributed by atoms with Gasteiger partial charge in [0.25, 0.3) is 0 Å². The third-order valence-corrected chi connectivity index (χ3v) is 2.29. The number of nitrogens with zero attached hydrogens (tertiary/aromatic N) is 1. The molecule has 14 heavy (non-hydrogen) atoms. The summed E-state index contributed by atoms with van der Waals surface area (Å²) >= 11 is 0. The van der Waals surface area contributed by atoms with Gasteiger partial charge in [0.2, 0.25) is 5.91 Å². The zero-order valence-electron chi connectivity index (χ0n) is 8.08. The van der Waals surface area contributed by atoms with Gasteiger partial charge in [-0.2, -0.15) is 0 Å². The number of amides is 1. The molecule has 0 unspecified atom stereocenters. The Morgan fingerprint density at radius 3 is 2.86 bits per heavy atom. The van der Waals surface area contributed by atoms with Gasteiger partial charge in [0.15, 0.2) is 0 Å². The van der Waals surface area contributed by atoms with E-state index in [1.807, 2.05) is 0 Å². The Labute approximate surface area is 82.5 Å².